The maximum Gasteiger partial charge on any atom is 0.275 e. The smallest absolute Gasteiger partial charge is 0.275 e. The van der Waals surface area contributed by atoms with Crippen molar-refractivity contribution in [2.45, 2.75) is 26.4 Å². The van der Waals surface area contributed by atoms with E-state index in [1.54, 1.807) is 6.07 Å². The molecule has 0 saturated carbocycles. The van der Waals surface area contributed by atoms with Crippen LogP contribution in [-0.2, 0) is 0 Å². The molecule has 0 heterocycles. The SMILES string of the molecule is CCC(C)Oc1cc(NN)cc([N+](=O)[O-])c1. The van der Waals surface area contributed by atoms with E-state index in [0.717, 1.165) is 6.42 Å². The van der Waals surface area contributed by atoms with Crippen LogP contribution in [0.4, 0.5) is 11.4 Å². The first-order valence-corrected chi connectivity index (χ1v) is 4.99. The summed E-state index contributed by atoms with van der Waals surface area (Å²) in [6.45, 7) is 3.87. The Morgan fingerprint density at radius 2 is 2.25 bits per heavy atom. The molecule has 0 radical (unpaired) electrons. The highest BCUT2D eigenvalue weighted by Gasteiger charge is 2.11. The monoisotopic (exact) mass is 225 g/mol. The standard InChI is InChI=1S/C10H15N3O3/c1-3-7(2)16-10-5-8(12-11)4-9(6-10)13(14)15/h4-7,12H,3,11H2,1-2H3. The molecule has 6 nitrogen and oxygen atoms in total. The second-order valence-electron chi connectivity index (χ2n) is 3.45. The zero-order chi connectivity index (χ0) is 12.1. The van der Waals surface area contributed by atoms with E-state index >= 15 is 0 Å². The maximum absolute atomic E-state index is 10.7. The van der Waals surface area contributed by atoms with Gasteiger partial charge in [-0.1, -0.05) is 6.92 Å². The number of hydrazine groups is 1. The molecule has 3 N–H and O–H groups in total. The minimum atomic E-state index is -0.482. The van der Waals surface area contributed by atoms with Gasteiger partial charge in [-0.3, -0.25) is 16.0 Å². The lowest BCUT2D eigenvalue weighted by Gasteiger charge is -2.13. The number of non-ortho nitro benzene ring substituents is 1. The van der Waals surface area contributed by atoms with Gasteiger partial charge in [-0.25, -0.2) is 0 Å². The molecule has 1 aromatic carbocycles. The fraction of sp³-hybridized carbons (Fsp3) is 0.400. The first-order chi connectivity index (χ1) is 7.56. The maximum atomic E-state index is 10.7. The number of ether oxygens (including phenoxy) is 1. The lowest BCUT2D eigenvalue weighted by Crippen LogP contribution is -2.11. The number of hydrogen-bond acceptors (Lipinski definition) is 5. The van der Waals surface area contributed by atoms with Crippen molar-refractivity contribution in [1.82, 2.24) is 0 Å². The summed E-state index contributed by atoms with van der Waals surface area (Å²) in [5.41, 5.74) is 2.77. The van der Waals surface area contributed by atoms with Crippen LogP contribution in [0.3, 0.4) is 0 Å². The van der Waals surface area contributed by atoms with E-state index in [1.807, 2.05) is 13.8 Å². The molecule has 0 aromatic heterocycles. The van der Waals surface area contributed by atoms with Gasteiger partial charge < -0.3 is 10.2 Å². The number of nitrogens with one attached hydrogen (secondary N) is 1. The van der Waals surface area contributed by atoms with Crippen LogP contribution in [-0.4, -0.2) is 11.0 Å². The molecular weight excluding hydrogens is 210 g/mol. The zero-order valence-electron chi connectivity index (χ0n) is 9.27. The molecule has 0 bridgehead atoms. The Balaban J connectivity index is 2.99. The molecule has 1 atom stereocenters. The van der Waals surface area contributed by atoms with Gasteiger partial charge in [-0.05, 0) is 13.3 Å². The second-order valence-corrected chi connectivity index (χ2v) is 3.45. The van der Waals surface area contributed by atoms with Gasteiger partial charge in [0.05, 0.1) is 22.8 Å². The zero-order valence-corrected chi connectivity index (χ0v) is 9.27. The van der Waals surface area contributed by atoms with Crippen molar-refractivity contribution in [3.05, 3.63) is 28.3 Å². The molecule has 0 aliphatic carbocycles. The van der Waals surface area contributed by atoms with Crippen LogP contribution < -0.4 is 16.0 Å². The number of anilines is 1. The summed E-state index contributed by atoms with van der Waals surface area (Å²) < 4.78 is 5.50. The highest BCUT2D eigenvalue weighted by atomic mass is 16.6. The molecule has 0 spiro atoms. The van der Waals surface area contributed by atoms with Crippen molar-refractivity contribution < 1.29 is 9.66 Å². The Bertz CT molecular complexity index is 382. The van der Waals surface area contributed by atoms with E-state index in [0.29, 0.717) is 11.4 Å². The number of nitro benzene ring substituents is 1. The van der Waals surface area contributed by atoms with Crippen molar-refractivity contribution in [3.63, 3.8) is 0 Å². The molecule has 0 aliphatic rings. The molecule has 0 saturated heterocycles. The number of nitrogens with zero attached hydrogens (tertiary/aromatic N) is 1. The van der Waals surface area contributed by atoms with E-state index in [1.165, 1.54) is 12.1 Å². The van der Waals surface area contributed by atoms with E-state index in [-0.39, 0.29) is 11.8 Å². The highest BCUT2D eigenvalue weighted by molar-refractivity contribution is 5.55. The Kier molecular flexibility index (Phi) is 4.07. The third-order valence-electron chi connectivity index (χ3n) is 2.18. The summed E-state index contributed by atoms with van der Waals surface area (Å²) in [6, 6.07) is 4.36. The number of nitrogens with two attached hydrogens (primary N) is 1. The minimum Gasteiger partial charge on any atom is -0.490 e. The molecule has 1 unspecified atom stereocenters. The molecule has 0 fully saturated rings. The van der Waals surface area contributed by atoms with Crippen LogP contribution in [0.2, 0.25) is 0 Å². The van der Waals surface area contributed by atoms with Gasteiger partial charge >= 0.3 is 0 Å². The Hall–Kier alpha value is -1.82. The summed E-state index contributed by atoms with van der Waals surface area (Å²) in [5, 5.41) is 10.7. The first-order valence-electron chi connectivity index (χ1n) is 4.99. The van der Waals surface area contributed by atoms with Gasteiger partial charge in [-0.15, -0.1) is 0 Å². The van der Waals surface area contributed by atoms with E-state index in [9.17, 15) is 10.1 Å². The quantitative estimate of drug-likeness (QED) is 0.454. The molecule has 88 valence electrons. The van der Waals surface area contributed by atoms with Crippen molar-refractivity contribution >= 4 is 11.4 Å². The van der Waals surface area contributed by atoms with Crippen LogP contribution in [0.1, 0.15) is 20.3 Å². The fourth-order valence-corrected chi connectivity index (χ4v) is 1.16. The Labute approximate surface area is 93.5 Å². The lowest BCUT2D eigenvalue weighted by atomic mass is 10.2. The molecule has 1 rings (SSSR count). The number of nitrogen functional groups attached to an aromatic ring is 1. The van der Waals surface area contributed by atoms with Crippen molar-refractivity contribution in [2.24, 2.45) is 5.84 Å². The number of nitro groups is 1. The molecule has 6 heteroatoms. The van der Waals surface area contributed by atoms with Gasteiger partial charge in [0, 0.05) is 12.1 Å². The molecule has 0 aliphatic heterocycles. The van der Waals surface area contributed by atoms with Crippen molar-refractivity contribution in [3.8, 4) is 5.75 Å². The summed E-state index contributed by atoms with van der Waals surface area (Å²) in [4.78, 5) is 10.2. The van der Waals surface area contributed by atoms with E-state index in [2.05, 4.69) is 5.43 Å². The molecule has 1 aromatic rings. The molecular formula is C10H15N3O3. The third-order valence-corrected chi connectivity index (χ3v) is 2.18. The van der Waals surface area contributed by atoms with Crippen molar-refractivity contribution in [1.29, 1.82) is 0 Å². The summed E-state index contributed by atoms with van der Waals surface area (Å²) in [5.74, 6) is 5.66. The average Bonchev–Trinajstić information content (AvgIpc) is 2.28. The van der Waals surface area contributed by atoms with Crippen LogP contribution in [0.25, 0.3) is 0 Å². The molecule has 0 amide bonds. The normalized spacial score (nSPS) is 11.9. The third kappa shape index (κ3) is 3.09. The van der Waals surface area contributed by atoms with E-state index in [4.69, 9.17) is 10.6 Å². The molecule has 16 heavy (non-hydrogen) atoms. The van der Waals surface area contributed by atoms with Gasteiger partial charge in [0.25, 0.3) is 5.69 Å². The highest BCUT2D eigenvalue weighted by Crippen LogP contribution is 2.26. The van der Waals surface area contributed by atoms with E-state index < -0.39 is 4.92 Å². The Morgan fingerprint density at radius 1 is 1.56 bits per heavy atom. The topological polar surface area (TPSA) is 90.4 Å². The summed E-state index contributed by atoms with van der Waals surface area (Å²) in [6.07, 6.45) is 0.835. The van der Waals surface area contributed by atoms with Gasteiger partial charge in [-0.2, -0.15) is 0 Å². The van der Waals surface area contributed by atoms with Gasteiger partial charge in [0.1, 0.15) is 5.75 Å². The predicted octanol–water partition coefficient (Wildman–Crippen LogP) is 2.06. The predicted molar refractivity (Wildman–Crippen MR) is 61.3 cm³/mol. The summed E-state index contributed by atoms with van der Waals surface area (Å²) >= 11 is 0. The number of rotatable bonds is 5. The summed E-state index contributed by atoms with van der Waals surface area (Å²) in [7, 11) is 0. The van der Waals surface area contributed by atoms with Gasteiger partial charge in [0.15, 0.2) is 0 Å². The number of benzene rings is 1. The van der Waals surface area contributed by atoms with Crippen molar-refractivity contribution in [2.75, 3.05) is 5.43 Å². The van der Waals surface area contributed by atoms with Crippen LogP contribution in [0.5, 0.6) is 5.75 Å². The fourth-order valence-electron chi connectivity index (χ4n) is 1.16. The van der Waals surface area contributed by atoms with Crippen LogP contribution in [0.15, 0.2) is 18.2 Å². The minimum absolute atomic E-state index is 0.00706. The number of hydrogen-bond donors (Lipinski definition) is 2. The van der Waals surface area contributed by atoms with Crippen LogP contribution >= 0.6 is 0 Å². The van der Waals surface area contributed by atoms with Crippen LogP contribution in [0, 0.1) is 10.1 Å². The second kappa shape index (κ2) is 5.32. The Morgan fingerprint density at radius 3 is 2.75 bits per heavy atom. The largest absolute Gasteiger partial charge is 0.490 e. The lowest BCUT2D eigenvalue weighted by molar-refractivity contribution is -0.384. The average molecular weight is 225 g/mol. The first kappa shape index (κ1) is 12.3. The van der Waals surface area contributed by atoms with Gasteiger partial charge in [0.2, 0.25) is 0 Å².